The molecule has 0 radical (unpaired) electrons. The number of urea groups is 1. The van der Waals surface area contributed by atoms with E-state index < -0.39 is 0 Å². The molecule has 0 aromatic carbocycles. The van der Waals surface area contributed by atoms with Crippen LogP contribution in [0.3, 0.4) is 0 Å². The molecule has 1 fully saturated rings. The number of amides is 2. The van der Waals surface area contributed by atoms with Gasteiger partial charge in [-0.15, -0.1) is 0 Å². The molecule has 2 amide bonds. The van der Waals surface area contributed by atoms with E-state index in [1.165, 1.54) is 0 Å². The third-order valence-corrected chi connectivity index (χ3v) is 3.87. The van der Waals surface area contributed by atoms with E-state index in [0.29, 0.717) is 6.04 Å². The van der Waals surface area contributed by atoms with Gasteiger partial charge in [0.1, 0.15) is 0 Å². The number of nitrogens with two attached hydrogens (primary N) is 1. The first-order valence-electron chi connectivity index (χ1n) is 7.08. The average Bonchev–Trinajstić information content (AvgIpc) is 2.43. The smallest absolute Gasteiger partial charge is 0.319 e. The lowest BCUT2D eigenvalue weighted by molar-refractivity contribution is 0.0912. The van der Waals surface area contributed by atoms with Crippen LogP contribution in [0.1, 0.15) is 26.7 Å². The molecule has 1 aliphatic rings. The zero-order valence-corrected chi connectivity index (χ0v) is 12.1. The lowest BCUT2D eigenvalue weighted by Crippen LogP contribution is -2.54. The van der Waals surface area contributed by atoms with Crippen LogP contribution in [0.15, 0.2) is 0 Å². The van der Waals surface area contributed by atoms with Gasteiger partial charge in [0, 0.05) is 45.8 Å². The highest BCUT2D eigenvalue weighted by atomic mass is 16.2. The third-order valence-electron chi connectivity index (χ3n) is 3.87. The topological polar surface area (TPSA) is 52.8 Å². The van der Waals surface area contributed by atoms with Gasteiger partial charge in [-0.3, -0.25) is 4.90 Å². The van der Waals surface area contributed by atoms with Crippen LogP contribution < -0.4 is 5.73 Å². The van der Waals surface area contributed by atoms with Crippen LogP contribution in [0.2, 0.25) is 0 Å². The van der Waals surface area contributed by atoms with Crippen molar-refractivity contribution < 1.29 is 4.79 Å². The van der Waals surface area contributed by atoms with Crippen molar-refractivity contribution in [1.29, 1.82) is 0 Å². The Morgan fingerprint density at radius 2 is 1.89 bits per heavy atom. The first-order valence-corrected chi connectivity index (χ1v) is 7.08. The summed E-state index contributed by atoms with van der Waals surface area (Å²) in [4.78, 5) is 18.2. The van der Waals surface area contributed by atoms with Crippen molar-refractivity contribution in [2.75, 3.05) is 46.3 Å². The molecule has 1 unspecified atom stereocenters. The molecule has 1 atom stereocenters. The van der Waals surface area contributed by atoms with Gasteiger partial charge in [0.25, 0.3) is 0 Å². The van der Waals surface area contributed by atoms with Crippen molar-refractivity contribution in [2.45, 2.75) is 32.7 Å². The van der Waals surface area contributed by atoms with Gasteiger partial charge < -0.3 is 15.5 Å². The van der Waals surface area contributed by atoms with E-state index in [2.05, 4.69) is 11.8 Å². The Morgan fingerprint density at radius 1 is 1.28 bits per heavy atom. The van der Waals surface area contributed by atoms with Gasteiger partial charge in [0.05, 0.1) is 0 Å². The fourth-order valence-electron chi connectivity index (χ4n) is 2.49. The van der Waals surface area contributed by atoms with Gasteiger partial charge in [-0.25, -0.2) is 4.79 Å². The Morgan fingerprint density at radius 3 is 2.33 bits per heavy atom. The quantitative estimate of drug-likeness (QED) is 0.792. The van der Waals surface area contributed by atoms with Crippen LogP contribution in [-0.2, 0) is 0 Å². The molecule has 5 heteroatoms. The predicted molar refractivity (Wildman–Crippen MR) is 74.6 cm³/mol. The minimum Gasteiger partial charge on any atom is -0.330 e. The molecule has 5 nitrogen and oxygen atoms in total. The van der Waals surface area contributed by atoms with E-state index in [0.717, 1.165) is 52.1 Å². The molecule has 0 aromatic heterocycles. The van der Waals surface area contributed by atoms with Gasteiger partial charge >= 0.3 is 6.03 Å². The lowest BCUT2D eigenvalue weighted by atomic mass is 10.1. The number of nitrogens with zero attached hydrogens (tertiary/aromatic N) is 3. The molecule has 0 saturated carbocycles. The third kappa shape index (κ3) is 3.85. The predicted octanol–water partition coefficient (Wildman–Crippen LogP) is 0.803. The van der Waals surface area contributed by atoms with Crippen LogP contribution in [0.5, 0.6) is 0 Å². The summed E-state index contributed by atoms with van der Waals surface area (Å²) in [6.45, 7) is 9.35. The van der Waals surface area contributed by atoms with Crippen molar-refractivity contribution in [2.24, 2.45) is 5.73 Å². The molecule has 1 rings (SSSR count). The highest BCUT2D eigenvalue weighted by Gasteiger charge is 2.25. The van der Waals surface area contributed by atoms with Crippen LogP contribution >= 0.6 is 0 Å². The number of piperazine rings is 1. The molecule has 0 bridgehead atoms. The summed E-state index contributed by atoms with van der Waals surface area (Å²) in [5.74, 6) is 0. The van der Waals surface area contributed by atoms with Gasteiger partial charge in [0.15, 0.2) is 0 Å². The van der Waals surface area contributed by atoms with E-state index in [1.807, 2.05) is 18.9 Å². The first-order chi connectivity index (χ1) is 8.63. The normalized spacial score (nSPS) is 18.8. The first kappa shape index (κ1) is 15.2. The average molecular weight is 256 g/mol. The van der Waals surface area contributed by atoms with E-state index in [-0.39, 0.29) is 6.03 Å². The second-order valence-corrected chi connectivity index (χ2v) is 4.96. The van der Waals surface area contributed by atoms with Crippen molar-refractivity contribution in [3.05, 3.63) is 0 Å². The van der Waals surface area contributed by atoms with Gasteiger partial charge in [-0.05, 0) is 26.3 Å². The number of hydrogen-bond donors (Lipinski definition) is 1. The van der Waals surface area contributed by atoms with Crippen molar-refractivity contribution >= 4 is 6.03 Å². The summed E-state index contributed by atoms with van der Waals surface area (Å²) < 4.78 is 0. The van der Waals surface area contributed by atoms with Gasteiger partial charge in [-0.1, -0.05) is 6.92 Å². The maximum atomic E-state index is 12.0. The fourth-order valence-corrected chi connectivity index (χ4v) is 2.49. The van der Waals surface area contributed by atoms with Crippen LogP contribution in [0.4, 0.5) is 4.79 Å². The lowest BCUT2D eigenvalue weighted by Gasteiger charge is -2.40. The molecular weight excluding hydrogens is 228 g/mol. The molecule has 106 valence electrons. The maximum Gasteiger partial charge on any atom is 0.319 e. The zero-order valence-electron chi connectivity index (χ0n) is 12.1. The fraction of sp³-hybridized carbons (Fsp3) is 0.923. The number of carbonyl (C=O) groups excluding carboxylic acids is 1. The summed E-state index contributed by atoms with van der Waals surface area (Å²) in [5.41, 5.74) is 5.65. The summed E-state index contributed by atoms with van der Waals surface area (Å²) in [5, 5.41) is 0. The minimum absolute atomic E-state index is 0.157. The van der Waals surface area contributed by atoms with Gasteiger partial charge in [0.2, 0.25) is 0 Å². The largest absolute Gasteiger partial charge is 0.330 e. The second-order valence-electron chi connectivity index (χ2n) is 4.96. The molecule has 2 N–H and O–H groups in total. The number of carbonyl (C=O) groups is 1. The minimum atomic E-state index is 0.157. The standard InChI is InChI=1S/C13H28N4O/c1-4-12(6-7-14)16-8-10-17(11-9-16)13(18)15(3)5-2/h12H,4-11,14H2,1-3H3. The molecule has 0 aromatic rings. The number of rotatable bonds is 5. The van der Waals surface area contributed by atoms with E-state index in [9.17, 15) is 4.79 Å². The summed E-state index contributed by atoms with van der Waals surface area (Å²) in [7, 11) is 1.86. The Bertz CT molecular complexity index is 251. The van der Waals surface area contributed by atoms with Crippen molar-refractivity contribution in [1.82, 2.24) is 14.7 Å². The molecule has 1 heterocycles. The Hall–Kier alpha value is -0.810. The molecule has 1 aliphatic heterocycles. The van der Waals surface area contributed by atoms with E-state index >= 15 is 0 Å². The van der Waals surface area contributed by atoms with Crippen molar-refractivity contribution in [3.8, 4) is 0 Å². The Kier molecular flexibility index (Phi) is 6.43. The number of hydrogen-bond acceptors (Lipinski definition) is 3. The summed E-state index contributed by atoms with van der Waals surface area (Å²) in [6, 6.07) is 0.736. The molecular formula is C13H28N4O. The highest BCUT2D eigenvalue weighted by Crippen LogP contribution is 2.12. The van der Waals surface area contributed by atoms with E-state index in [1.54, 1.807) is 4.90 Å². The van der Waals surface area contributed by atoms with Crippen LogP contribution in [0.25, 0.3) is 0 Å². The summed E-state index contributed by atoms with van der Waals surface area (Å²) in [6.07, 6.45) is 2.19. The Balaban J connectivity index is 2.42. The highest BCUT2D eigenvalue weighted by molar-refractivity contribution is 5.74. The monoisotopic (exact) mass is 256 g/mol. The second kappa shape index (κ2) is 7.59. The van der Waals surface area contributed by atoms with Gasteiger partial charge in [-0.2, -0.15) is 0 Å². The molecule has 0 spiro atoms. The SMILES string of the molecule is CCC(CCN)N1CCN(C(=O)N(C)CC)CC1. The Labute approximate surface area is 111 Å². The van der Waals surface area contributed by atoms with E-state index in [4.69, 9.17) is 5.73 Å². The zero-order chi connectivity index (χ0) is 13.5. The molecule has 1 saturated heterocycles. The summed E-state index contributed by atoms with van der Waals surface area (Å²) >= 11 is 0. The molecule has 18 heavy (non-hydrogen) atoms. The van der Waals surface area contributed by atoms with Crippen molar-refractivity contribution in [3.63, 3.8) is 0 Å². The maximum absolute atomic E-state index is 12.0. The van der Waals surface area contributed by atoms with Crippen LogP contribution in [-0.4, -0.2) is 73.1 Å². The van der Waals surface area contributed by atoms with Crippen LogP contribution in [0, 0.1) is 0 Å². The molecule has 0 aliphatic carbocycles.